The SMILES string of the molecule is O=S(=O)(Cl)c1ccc(OCc2ccc(F)c(Br)c2)c(F)c1. The number of benzene rings is 2. The Morgan fingerprint density at radius 3 is 2.38 bits per heavy atom. The van der Waals surface area contributed by atoms with Gasteiger partial charge in [-0.3, -0.25) is 0 Å². The van der Waals surface area contributed by atoms with Crippen molar-refractivity contribution in [1.82, 2.24) is 0 Å². The van der Waals surface area contributed by atoms with Gasteiger partial charge in [-0.2, -0.15) is 0 Å². The monoisotopic (exact) mass is 396 g/mol. The van der Waals surface area contributed by atoms with Gasteiger partial charge in [0.05, 0.1) is 9.37 Å². The summed E-state index contributed by atoms with van der Waals surface area (Å²) in [5.74, 6) is -1.39. The summed E-state index contributed by atoms with van der Waals surface area (Å²) < 4.78 is 54.4. The lowest BCUT2D eigenvalue weighted by Gasteiger charge is -2.08. The average Bonchev–Trinajstić information content (AvgIpc) is 2.40. The quantitative estimate of drug-likeness (QED) is 0.725. The Balaban J connectivity index is 2.15. The number of hydrogen-bond donors (Lipinski definition) is 0. The smallest absolute Gasteiger partial charge is 0.261 e. The molecule has 2 aromatic rings. The second-order valence-corrected chi connectivity index (χ2v) is 7.49. The van der Waals surface area contributed by atoms with E-state index >= 15 is 0 Å². The Bertz CT molecular complexity index is 781. The molecule has 0 aliphatic rings. The summed E-state index contributed by atoms with van der Waals surface area (Å²) in [4.78, 5) is -0.349. The van der Waals surface area contributed by atoms with E-state index in [-0.39, 0.29) is 21.7 Å². The van der Waals surface area contributed by atoms with Crippen molar-refractivity contribution in [1.29, 1.82) is 0 Å². The molecule has 0 heterocycles. The van der Waals surface area contributed by atoms with E-state index in [1.807, 2.05) is 0 Å². The molecule has 0 unspecified atom stereocenters. The minimum atomic E-state index is -3.99. The maximum absolute atomic E-state index is 13.7. The molecule has 0 aliphatic heterocycles. The molecule has 0 N–H and O–H groups in total. The van der Waals surface area contributed by atoms with Gasteiger partial charge in [-0.25, -0.2) is 17.2 Å². The fourth-order valence-electron chi connectivity index (χ4n) is 1.54. The zero-order chi connectivity index (χ0) is 15.6. The lowest BCUT2D eigenvalue weighted by Crippen LogP contribution is -1.99. The summed E-state index contributed by atoms with van der Waals surface area (Å²) in [5, 5.41) is 0. The summed E-state index contributed by atoms with van der Waals surface area (Å²) in [6.07, 6.45) is 0. The van der Waals surface area contributed by atoms with Gasteiger partial charge in [0.2, 0.25) is 0 Å². The Labute approximate surface area is 133 Å². The Kier molecular flexibility index (Phi) is 4.85. The molecule has 0 fully saturated rings. The van der Waals surface area contributed by atoms with Gasteiger partial charge in [-0.1, -0.05) is 6.07 Å². The first-order valence-corrected chi connectivity index (χ1v) is 8.68. The standard InChI is InChI=1S/C13H8BrClF2O3S/c14-10-5-8(1-3-11(10)16)7-20-13-4-2-9(6-12(13)17)21(15,18)19/h1-6H,7H2. The second kappa shape index (κ2) is 6.29. The molecule has 0 saturated heterocycles. The number of halogens is 4. The summed E-state index contributed by atoms with van der Waals surface area (Å²) in [6.45, 7) is 0.00275. The lowest BCUT2D eigenvalue weighted by atomic mass is 10.2. The molecular weight excluding hydrogens is 390 g/mol. The Morgan fingerprint density at radius 1 is 1.10 bits per heavy atom. The van der Waals surface area contributed by atoms with Crippen LogP contribution in [0.1, 0.15) is 5.56 Å². The second-order valence-electron chi connectivity index (χ2n) is 4.07. The van der Waals surface area contributed by atoms with E-state index < -0.39 is 20.7 Å². The molecule has 2 aromatic carbocycles. The van der Waals surface area contributed by atoms with Gasteiger partial charge in [0.15, 0.2) is 11.6 Å². The van der Waals surface area contributed by atoms with Crippen LogP contribution in [-0.4, -0.2) is 8.42 Å². The molecule has 0 aromatic heterocycles. The highest BCUT2D eigenvalue weighted by Crippen LogP contribution is 2.24. The van der Waals surface area contributed by atoms with Gasteiger partial charge in [0.1, 0.15) is 12.4 Å². The van der Waals surface area contributed by atoms with E-state index in [1.165, 1.54) is 24.3 Å². The van der Waals surface area contributed by atoms with Gasteiger partial charge < -0.3 is 4.74 Å². The molecule has 0 aliphatic carbocycles. The fraction of sp³-hybridized carbons (Fsp3) is 0.0769. The largest absolute Gasteiger partial charge is 0.486 e. The third-order valence-electron chi connectivity index (χ3n) is 2.56. The third kappa shape index (κ3) is 4.15. The molecule has 2 rings (SSSR count). The molecule has 3 nitrogen and oxygen atoms in total. The normalized spacial score (nSPS) is 11.4. The van der Waals surface area contributed by atoms with Crippen molar-refractivity contribution in [2.24, 2.45) is 0 Å². The van der Waals surface area contributed by atoms with Crippen molar-refractivity contribution in [3.8, 4) is 5.75 Å². The third-order valence-corrected chi connectivity index (χ3v) is 4.52. The van der Waals surface area contributed by atoms with Gasteiger partial charge in [-0.15, -0.1) is 0 Å². The van der Waals surface area contributed by atoms with E-state index in [9.17, 15) is 17.2 Å². The minimum absolute atomic E-state index is 0.00275. The average molecular weight is 398 g/mol. The van der Waals surface area contributed by atoms with Gasteiger partial charge in [0.25, 0.3) is 9.05 Å². The summed E-state index contributed by atoms with van der Waals surface area (Å²) >= 11 is 3.03. The Hall–Kier alpha value is -1.18. The van der Waals surface area contributed by atoms with Crippen molar-refractivity contribution < 1.29 is 21.9 Å². The van der Waals surface area contributed by atoms with Crippen LogP contribution in [0.5, 0.6) is 5.75 Å². The van der Waals surface area contributed by atoms with Crippen molar-refractivity contribution in [3.05, 3.63) is 58.1 Å². The zero-order valence-corrected chi connectivity index (χ0v) is 13.5. The van der Waals surface area contributed by atoms with Gasteiger partial charge in [-0.05, 0) is 51.8 Å². The molecule has 0 saturated carbocycles. The van der Waals surface area contributed by atoms with Crippen molar-refractivity contribution >= 4 is 35.7 Å². The maximum atomic E-state index is 13.7. The van der Waals surface area contributed by atoms with E-state index in [0.717, 1.165) is 12.1 Å². The van der Waals surface area contributed by atoms with E-state index in [2.05, 4.69) is 15.9 Å². The summed E-state index contributed by atoms with van der Waals surface area (Å²) in [6, 6.07) is 7.34. The highest BCUT2D eigenvalue weighted by Gasteiger charge is 2.14. The Morgan fingerprint density at radius 2 is 1.81 bits per heavy atom. The highest BCUT2D eigenvalue weighted by molar-refractivity contribution is 9.10. The minimum Gasteiger partial charge on any atom is -0.486 e. The molecule has 0 atom stereocenters. The van der Waals surface area contributed by atoms with E-state index in [1.54, 1.807) is 0 Å². The molecule has 8 heteroatoms. The molecular formula is C13H8BrClF2O3S. The first-order valence-electron chi connectivity index (χ1n) is 5.58. The van der Waals surface area contributed by atoms with Crippen molar-refractivity contribution in [2.45, 2.75) is 11.5 Å². The first-order chi connectivity index (χ1) is 9.77. The lowest BCUT2D eigenvalue weighted by molar-refractivity contribution is 0.289. The highest BCUT2D eigenvalue weighted by atomic mass is 79.9. The van der Waals surface area contributed by atoms with Gasteiger partial charge >= 0.3 is 0 Å². The zero-order valence-electron chi connectivity index (χ0n) is 10.3. The van der Waals surface area contributed by atoms with Crippen LogP contribution in [0.15, 0.2) is 45.8 Å². The number of hydrogen-bond acceptors (Lipinski definition) is 3. The molecule has 0 bridgehead atoms. The molecule has 21 heavy (non-hydrogen) atoms. The predicted molar refractivity (Wildman–Crippen MR) is 77.9 cm³/mol. The fourth-order valence-corrected chi connectivity index (χ4v) is 2.73. The van der Waals surface area contributed by atoms with Crippen LogP contribution in [0.25, 0.3) is 0 Å². The van der Waals surface area contributed by atoms with E-state index in [0.29, 0.717) is 5.56 Å². The van der Waals surface area contributed by atoms with Crippen LogP contribution in [0.4, 0.5) is 8.78 Å². The predicted octanol–water partition coefficient (Wildman–Crippen LogP) is 4.23. The van der Waals surface area contributed by atoms with Crippen molar-refractivity contribution in [3.63, 3.8) is 0 Å². The number of ether oxygens (including phenoxy) is 1. The molecule has 0 radical (unpaired) electrons. The van der Waals surface area contributed by atoms with Crippen LogP contribution in [0.2, 0.25) is 0 Å². The van der Waals surface area contributed by atoms with Crippen LogP contribution >= 0.6 is 26.6 Å². The summed E-state index contributed by atoms with van der Waals surface area (Å²) in [7, 11) is 1.12. The summed E-state index contributed by atoms with van der Waals surface area (Å²) in [5.41, 5.74) is 0.622. The van der Waals surface area contributed by atoms with Crippen LogP contribution < -0.4 is 4.74 Å². The maximum Gasteiger partial charge on any atom is 0.261 e. The molecule has 0 spiro atoms. The van der Waals surface area contributed by atoms with Crippen LogP contribution in [-0.2, 0) is 15.7 Å². The van der Waals surface area contributed by atoms with E-state index in [4.69, 9.17) is 15.4 Å². The molecule has 0 amide bonds. The van der Waals surface area contributed by atoms with Crippen LogP contribution in [0.3, 0.4) is 0 Å². The first kappa shape index (κ1) is 16.2. The topological polar surface area (TPSA) is 43.4 Å². The van der Waals surface area contributed by atoms with Crippen LogP contribution in [0, 0.1) is 11.6 Å². The number of rotatable bonds is 4. The van der Waals surface area contributed by atoms with Gasteiger partial charge in [0, 0.05) is 10.7 Å². The molecule has 112 valence electrons. The van der Waals surface area contributed by atoms with Crippen molar-refractivity contribution in [2.75, 3.05) is 0 Å².